The van der Waals surface area contributed by atoms with E-state index in [0.29, 0.717) is 41.2 Å². The van der Waals surface area contributed by atoms with Crippen LogP contribution in [0.1, 0.15) is 48.9 Å². The van der Waals surface area contributed by atoms with Gasteiger partial charge < -0.3 is 20.0 Å². The Bertz CT molecular complexity index is 1130. The molecule has 0 unspecified atom stereocenters. The maximum Gasteiger partial charge on any atom is 0.251 e. The zero-order valence-corrected chi connectivity index (χ0v) is 17.5. The molecule has 31 heavy (non-hydrogen) atoms. The Hall–Kier alpha value is -3.68. The number of hydrogen-bond donors (Lipinski definition) is 2. The summed E-state index contributed by atoms with van der Waals surface area (Å²) in [6.45, 7) is 4.52. The van der Waals surface area contributed by atoms with E-state index < -0.39 is 0 Å². The van der Waals surface area contributed by atoms with Crippen LogP contribution in [0.3, 0.4) is 0 Å². The second-order valence-electron chi connectivity index (χ2n) is 7.82. The molecule has 2 aromatic carbocycles. The Kier molecular flexibility index (Phi) is 5.70. The van der Waals surface area contributed by atoms with E-state index in [-0.39, 0.29) is 30.2 Å². The molecule has 3 aromatic rings. The second-order valence-corrected chi connectivity index (χ2v) is 7.82. The van der Waals surface area contributed by atoms with E-state index in [9.17, 15) is 14.4 Å². The fourth-order valence-electron chi connectivity index (χ4n) is 3.45. The summed E-state index contributed by atoms with van der Waals surface area (Å²) in [5, 5.41) is 5.36. The SMILES string of the molecule is CC(C)c1nc2cc(NC(=O)CNC(=O)c3ccc(N4CCCC4=O)cc3)ccc2o1. The van der Waals surface area contributed by atoms with Crippen LogP contribution in [0.4, 0.5) is 11.4 Å². The van der Waals surface area contributed by atoms with Crippen molar-refractivity contribution in [3.05, 3.63) is 53.9 Å². The monoisotopic (exact) mass is 420 g/mol. The average Bonchev–Trinajstić information content (AvgIpc) is 3.38. The summed E-state index contributed by atoms with van der Waals surface area (Å²) in [6, 6.07) is 12.0. The Balaban J connectivity index is 1.32. The lowest BCUT2D eigenvalue weighted by molar-refractivity contribution is -0.117. The van der Waals surface area contributed by atoms with Gasteiger partial charge in [0.25, 0.3) is 5.91 Å². The number of rotatable bonds is 6. The summed E-state index contributed by atoms with van der Waals surface area (Å²) in [4.78, 5) is 42.5. The zero-order chi connectivity index (χ0) is 22.0. The van der Waals surface area contributed by atoms with Gasteiger partial charge in [-0.25, -0.2) is 4.98 Å². The number of hydrogen-bond acceptors (Lipinski definition) is 5. The molecular formula is C23H24N4O4. The molecule has 2 N–H and O–H groups in total. The molecule has 4 rings (SSSR count). The molecule has 3 amide bonds. The highest BCUT2D eigenvalue weighted by molar-refractivity contribution is 6.00. The normalized spacial score (nSPS) is 13.8. The molecule has 2 heterocycles. The van der Waals surface area contributed by atoms with Gasteiger partial charge in [0.1, 0.15) is 5.52 Å². The maximum atomic E-state index is 12.3. The van der Waals surface area contributed by atoms with E-state index in [4.69, 9.17) is 4.42 Å². The number of anilines is 2. The molecule has 1 aliphatic heterocycles. The molecule has 0 aliphatic carbocycles. The highest BCUT2D eigenvalue weighted by Crippen LogP contribution is 2.24. The van der Waals surface area contributed by atoms with Gasteiger partial charge in [0, 0.05) is 35.8 Å². The van der Waals surface area contributed by atoms with E-state index in [0.717, 1.165) is 12.1 Å². The number of carbonyl (C=O) groups excluding carboxylic acids is 3. The van der Waals surface area contributed by atoms with Gasteiger partial charge in [-0.15, -0.1) is 0 Å². The van der Waals surface area contributed by atoms with Crippen LogP contribution in [0, 0.1) is 0 Å². The number of amides is 3. The van der Waals surface area contributed by atoms with Crippen LogP contribution in [-0.4, -0.2) is 35.8 Å². The van der Waals surface area contributed by atoms with Crippen molar-refractivity contribution in [3.63, 3.8) is 0 Å². The van der Waals surface area contributed by atoms with Crippen LogP contribution in [0.2, 0.25) is 0 Å². The summed E-state index contributed by atoms with van der Waals surface area (Å²) in [7, 11) is 0. The Morgan fingerprint density at radius 2 is 1.94 bits per heavy atom. The van der Waals surface area contributed by atoms with Gasteiger partial charge in [-0.3, -0.25) is 14.4 Å². The first-order valence-electron chi connectivity index (χ1n) is 10.3. The lowest BCUT2D eigenvalue weighted by atomic mass is 10.2. The molecule has 8 heteroatoms. The van der Waals surface area contributed by atoms with Crippen molar-refractivity contribution in [2.45, 2.75) is 32.6 Å². The smallest absolute Gasteiger partial charge is 0.251 e. The minimum atomic E-state index is -0.358. The van der Waals surface area contributed by atoms with Gasteiger partial charge in [-0.1, -0.05) is 13.8 Å². The summed E-state index contributed by atoms with van der Waals surface area (Å²) >= 11 is 0. The molecule has 0 radical (unpaired) electrons. The molecule has 8 nitrogen and oxygen atoms in total. The molecule has 0 saturated carbocycles. The predicted molar refractivity (Wildman–Crippen MR) is 117 cm³/mol. The van der Waals surface area contributed by atoms with E-state index in [2.05, 4.69) is 15.6 Å². The van der Waals surface area contributed by atoms with Gasteiger partial charge in [0.15, 0.2) is 11.5 Å². The molecule has 0 atom stereocenters. The molecule has 1 aromatic heterocycles. The highest BCUT2D eigenvalue weighted by atomic mass is 16.3. The van der Waals surface area contributed by atoms with E-state index in [1.165, 1.54) is 0 Å². The fourth-order valence-corrected chi connectivity index (χ4v) is 3.45. The number of nitrogens with one attached hydrogen (secondary N) is 2. The van der Waals surface area contributed by atoms with Crippen molar-refractivity contribution in [3.8, 4) is 0 Å². The van der Waals surface area contributed by atoms with Crippen LogP contribution in [0.5, 0.6) is 0 Å². The van der Waals surface area contributed by atoms with Gasteiger partial charge in [-0.2, -0.15) is 0 Å². The highest BCUT2D eigenvalue weighted by Gasteiger charge is 2.21. The van der Waals surface area contributed by atoms with Crippen LogP contribution in [0.15, 0.2) is 46.9 Å². The van der Waals surface area contributed by atoms with Gasteiger partial charge in [-0.05, 0) is 48.9 Å². The largest absolute Gasteiger partial charge is 0.440 e. The van der Waals surface area contributed by atoms with E-state index >= 15 is 0 Å². The van der Waals surface area contributed by atoms with E-state index in [1.54, 1.807) is 47.4 Å². The lowest BCUT2D eigenvalue weighted by Crippen LogP contribution is -2.32. The Morgan fingerprint density at radius 1 is 1.16 bits per heavy atom. The minimum absolute atomic E-state index is 0.0955. The van der Waals surface area contributed by atoms with Crippen molar-refractivity contribution < 1.29 is 18.8 Å². The third-order valence-electron chi connectivity index (χ3n) is 5.11. The number of oxazole rings is 1. The van der Waals surface area contributed by atoms with Crippen molar-refractivity contribution >= 4 is 40.2 Å². The zero-order valence-electron chi connectivity index (χ0n) is 17.5. The lowest BCUT2D eigenvalue weighted by Gasteiger charge is -2.15. The topological polar surface area (TPSA) is 105 Å². The number of aromatic nitrogens is 1. The standard InChI is InChI=1S/C23H24N4O4/c1-14(2)23-26-18-12-16(7-10-19(18)31-23)25-20(28)13-24-22(30)15-5-8-17(9-6-15)27-11-3-4-21(27)29/h5-10,12,14H,3-4,11,13H2,1-2H3,(H,24,30)(H,25,28). The van der Waals surface area contributed by atoms with Crippen LogP contribution >= 0.6 is 0 Å². The second kappa shape index (κ2) is 8.59. The first kappa shape index (κ1) is 20.6. The minimum Gasteiger partial charge on any atom is -0.440 e. The first-order valence-corrected chi connectivity index (χ1v) is 10.3. The van der Waals surface area contributed by atoms with Crippen molar-refractivity contribution in [1.82, 2.24) is 10.3 Å². The summed E-state index contributed by atoms with van der Waals surface area (Å²) < 4.78 is 5.66. The fraction of sp³-hybridized carbons (Fsp3) is 0.304. The summed E-state index contributed by atoms with van der Waals surface area (Å²) in [5.74, 6) is 0.206. The molecule has 0 spiro atoms. The predicted octanol–water partition coefficient (Wildman–Crippen LogP) is 3.45. The first-order chi connectivity index (χ1) is 14.9. The van der Waals surface area contributed by atoms with Crippen LogP contribution in [-0.2, 0) is 9.59 Å². The van der Waals surface area contributed by atoms with E-state index in [1.807, 2.05) is 13.8 Å². The average molecular weight is 420 g/mol. The Morgan fingerprint density at radius 3 is 2.61 bits per heavy atom. The third-order valence-corrected chi connectivity index (χ3v) is 5.11. The van der Waals surface area contributed by atoms with Crippen molar-refractivity contribution in [2.75, 3.05) is 23.3 Å². The quantitative estimate of drug-likeness (QED) is 0.636. The molecular weight excluding hydrogens is 396 g/mol. The van der Waals surface area contributed by atoms with Crippen molar-refractivity contribution in [2.24, 2.45) is 0 Å². The number of benzene rings is 2. The number of fused-ring (bicyclic) bond motifs is 1. The molecule has 160 valence electrons. The van der Waals surface area contributed by atoms with Gasteiger partial charge >= 0.3 is 0 Å². The molecule has 1 saturated heterocycles. The van der Waals surface area contributed by atoms with Gasteiger partial charge in [0.05, 0.1) is 6.54 Å². The van der Waals surface area contributed by atoms with Gasteiger partial charge in [0.2, 0.25) is 11.8 Å². The van der Waals surface area contributed by atoms with Crippen LogP contribution in [0.25, 0.3) is 11.1 Å². The maximum absolute atomic E-state index is 12.3. The van der Waals surface area contributed by atoms with Crippen LogP contribution < -0.4 is 15.5 Å². The number of nitrogens with zero attached hydrogens (tertiary/aromatic N) is 2. The molecule has 1 aliphatic rings. The molecule has 1 fully saturated rings. The Labute approximate surface area is 179 Å². The summed E-state index contributed by atoms with van der Waals surface area (Å²) in [5.41, 5.74) is 3.11. The van der Waals surface area contributed by atoms with Crippen molar-refractivity contribution in [1.29, 1.82) is 0 Å². The molecule has 0 bridgehead atoms. The summed E-state index contributed by atoms with van der Waals surface area (Å²) in [6.07, 6.45) is 1.40. The third kappa shape index (κ3) is 4.58. The number of carbonyl (C=O) groups is 3.